The lowest BCUT2D eigenvalue weighted by Gasteiger charge is -2.13. The molecule has 90 valence electrons. The second-order valence-electron chi connectivity index (χ2n) is 3.84. The molecule has 0 unspecified atom stereocenters. The maximum Gasteiger partial charge on any atom is 0.235 e. The van der Waals surface area contributed by atoms with Crippen LogP contribution in [-0.4, -0.2) is 10.2 Å². The van der Waals surface area contributed by atoms with Gasteiger partial charge in [0.15, 0.2) is 0 Å². The van der Waals surface area contributed by atoms with Crippen molar-refractivity contribution in [3.8, 4) is 0 Å². The maximum atomic E-state index is 5.12. The number of para-hydroxylation sites is 1. The number of rotatable bonds is 5. The van der Waals surface area contributed by atoms with Gasteiger partial charge < -0.3 is 9.73 Å². The van der Waals surface area contributed by atoms with E-state index in [1.807, 2.05) is 0 Å². The number of hydrogen-bond acceptors (Lipinski definition) is 4. The van der Waals surface area contributed by atoms with Crippen molar-refractivity contribution in [2.45, 2.75) is 33.2 Å². The Morgan fingerprint density at radius 1 is 1.18 bits per heavy atom. The summed E-state index contributed by atoms with van der Waals surface area (Å²) in [5, 5.41) is 10.9. The Labute approximate surface area is 101 Å². The predicted molar refractivity (Wildman–Crippen MR) is 66.8 cm³/mol. The first-order valence-electron chi connectivity index (χ1n) is 5.94. The molecule has 0 aliphatic heterocycles. The molecule has 1 aromatic heterocycles. The molecular formula is C13H17N3O. The molecule has 0 atom stereocenters. The van der Waals surface area contributed by atoms with E-state index >= 15 is 0 Å². The highest BCUT2D eigenvalue weighted by atomic mass is 16.4. The molecule has 0 radical (unpaired) electrons. The Bertz CT molecular complexity index is 443. The normalized spacial score (nSPS) is 10.5. The fourth-order valence-corrected chi connectivity index (χ4v) is 1.91. The third-order valence-corrected chi connectivity index (χ3v) is 2.82. The summed E-state index contributed by atoms with van der Waals surface area (Å²) in [6.07, 6.45) is 3.38. The molecule has 4 nitrogen and oxygen atoms in total. The minimum Gasteiger partial charge on any atom is -0.426 e. The second kappa shape index (κ2) is 5.48. The van der Waals surface area contributed by atoms with Gasteiger partial charge in [-0.2, -0.15) is 0 Å². The summed E-state index contributed by atoms with van der Waals surface area (Å²) >= 11 is 0. The molecule has 0 aliphatic carbocycles. The molecular weight excluding hydrogens is 214 g/mol. The van der Waals surface area contributed by atoms with Gasteiger partial charge >= 0.3 is 0 Å². The van der Waals surface area contributed by atoms with E-state index in [4.69, 9.17) is 4.42 Å². The molecule has 2 aromatic rings. The average molecular weight is 231 g/mol. The van der Waals surface area contributed by atoms with Crippen molar-refractivity contribution in [1.29, 1.82) is 0 Å². The zero-order valence-electron chi connectivity index (χ0n) is 10.2. The number of nitrogens with zero attached hydrogens (tertiary/aromatic N) is 2. The van der Waals surface area contributed by atoms with Crippen LogP contribution in [0, 0.1) is 0 Å². The molecule has 1 aromatic carbocycles. The Hall–Kier alpha value is -1.84. The van der Waals surface area contributed by atoms with Crippen LogP contribution in [0.4, 0.5) is 5.69 Å². The first-order valence-corrected chi connectivity index (χ1v) is 5.94. The van der Waals surface area contributed by atoms with E-state index in [2.05, 4.69) is 47.6 Å². The third-order valence-electron chi connectivity index (χ3n) is 2.82. The summed E-state index contributed by atoms with van der Waals surface area (Å²) in [5.41, 5.74) is 3.85. The molecule has 0 saturated heterocycles. The summed E-state index contributed by atoms with van der Waals surface area (Å²) in [6, 6.07) is 6.40. The van der Waals surface area contributed by atoms with Crippen LogP contribution in [0.1, 0.15) is 30.9 Å². The first kappa shape index (κ1) is 11.6. The van der Waals surface area contributed by atoms with Gasteiger partial charge in [0, 0.05) is 5.69 Å². The lowest BCUT2D eigenvalue weighted by atomic mass is 10.0. The first-order chi connectivity index (χ1) is 8.35. The SMILES string of the molecule is CCc1cccc(CC)c1NCc1nnco1. The van der Waals surface area contributed by atoms with Gasteiger partial charge in [0.2, 0.25) is 12.3 Å². The van der Waals surface area contributed by atoms with E-state index in [-0.39, 0.29) is 0 Å². The molecule has 4 heteroatoms. The third kappa shape index (κ3) is 2.64. The number of hydrogen-bond donors (Lipinski definition) is 1. The van der Waals surface area contributed by atoms with Crippen LogP contribution in [0.3, 0.4) is 0 Å². The van der Waals surface area contributed by atoms with E-state index in [9.17, 15) is 0 Å². The second-order valence-corrected chi connectivity index (χ2v) is 3.84. The lowest BCUT2D eigenvalue weighted by Crippen LogP contribution is -2.05. The standard InChI is InChI=1S/C13H17N3O/c1-3-10-6-5-7-11(4-2)13(10)14-8-12-16-15-9-17-12/h5-7,9,14H,3-4,8H2,1-2H3. The number of nitrogens with one attached hydrogen (secondary N) is 1. The largest absolute Gasteiger partial charge is 0.426 e. The zero-order chi connectivity index (χ0) is 12.1. The maximum absolute atomic E-state index is 5.12. The van der Waals surface area contributed by atoms with Crippen LogP contribution in [-0.2, 0) is 19.4 Å². The molecule has 0 aliphatic rings. The Balaban J connectivity index is 2.18. The van der Waals surface area contributed by atoms with Crippen LogP contribution in [0.25, 0.3) is 0 Å². The summed E-state index contributed by atoms with van der Waals surface area (Å²) in [5.74, 6) is 0.609. The van der Waals surface area contributed by atoms with Crippen LogP contribution in [0.5, 0.6) is 0 Å². The molecule has 1 heterocycles. The van der Waals surface area contributed by atoms with E-state index < -0.39 is 0 Å². The van der Waals surface area contributed by atoms with Crippen LogP contribution in [0.2, 0.25) is 0 Å². The van der Waals surface area contributed by atoms with Gasteiger partial charge in [-0.1, -0.05) is 32.0 Å². The summed E-state index contributed by atoms with van der Waals surface area (Å²) in [4.78, 5) is 0. The molecule has 1 N–H and O–H groups in total. The summed E-state index contributed by atoms with van der Waals surface area (Å²) in [7, 11) is 0. The highest BCUT2D eigenvalue weighted by Gasteiger charge is 2.07. The number of anilines is 1. The van der Waals surface area contributed by atoms with E-state index in [0.29, 0.717) is 12.4 Å². The van der Waals surface area contributed by atoms with Crippen molar-refractivity contribution in [2.24, 2.45) is 0 Å². The molecule has 0 bridgehead atoms. The minimum atomic E-state index is 0.573. The number of aromatic nitrogens is 2. The van der Waals surface area contributed by atoms with Crippen molar-refractivity contribution >= 4 is 5.69 Å². The molecule has 17 heavy (non-hydrogen) atoms. The van der Waals surface area contributed by atoms with Crippen molar-refractivity contribution < 1.29 is 4.42 Å². The molecule has 0 saturated carbocycles. The molecule has 0 fully saturated rings. The van der Waals surface area contributed by atoms with E-state index in [1.165, 1.54) is 23.2 Å². The number of aryl methyl sites for hydroxylation is 2. The van der Waals surface area contributed by atoms with Gasteiger partial charge in [-0.3, -0.25) is 0 Å². The van der Waals surface area contributed by atoms with Crippen molar-refractivity contribution in [1.82, 2.24) is 10.2 Å². The minimum absolute atomic E-state index is 0.573. The smallest absolute Gasteiger partial charge is 0.235 e. The molecule has 0 spiro atoms. The molecule has 2 rings (SSSR count). The van der Waals surface area contributed by atoms with Crippen LogP contribution >= 0.6 is 0 Å². The van der Waals surface area contributed by atoms with Gasteiger partial charge in [0.25, 0.3) is 0 Å². The Morgan fingerprint density at radius 2 is 1.88 bits per heavy atom. The van der Waals surface area contributed by atoms with Gasteiger partial charge in [0.1, 0.15) is 0 Å². The topological polar surface area (TPSA) is 51.0 Å². The van der Waals surface area contributed by atoms with Gasteiger partial charge in [-0.15, -0.1) is 10.2 Å². The number of benzene rings is 1. The highest BCUT2D eigenvalue weighted by molar-refractivity contribution is 5.57. The van der Waals surface area contributed by atoms with Crippen molar-refractivity contribution in [3.63, 3.8) is 0 Å². The summed E-state index contributed by atoms with van der Waals surface area (Å²) < 4.78 is 5.12. The fraction of sp³-hybridized carbons (Fsp3) is 0.385. The van der Waals surface area contributed by atoms with Crippen LogP contribution < -0.4 is 5.32 Å². The van der Waals surface area contributed by atoms with Gasteiger partial charge in [-0.05, 0) is 24.0 Å². The molecule has 0 amide bonds. The average Bonchev–Trinajstić information content (AvgIpc) is 2.88. The van der Waals surface area contributed by atoms with Crippen molar-refractivity contribution in [3.05, 3.63) is 41.6 Å². The van der Waals surface area contributed by atoms with E-state index in [0.717, 1.165) is 12.8 Å². The predicted octanol–water partition coefficient (Wildman–Crippen LogP) is 2.81. The fourth-order valence-electron chi connectivity index (χ4n) is 1.91. The quantitative estimate of drug-likeness (QED) is 0.859. The van der Waals surface area contributed by atoms with Crippen LogP contribution in [0.15, 0.2) is 29.0 Å². The Kier molecular flexibility index (Phi) is 3.75. The zero-order valence-corrected chi connectivity index (χ0v) is 10.2. The monoisotopic (exact) mass is 231 g/mol. The van der Waals surface area contributed by atoms with Gasteiger partial charge in [0.05, 0.1) is 6.54 Å². The van der Waals surface area contributed by atoms with Crippen molar-refractivity contribution in [2.75, 3.05) is 5.32 Å². The highest BCUT2D eigenvalue weighted by Crippen LogP contribution is 2.22. The van der Waals surface area contributed by atoms with E-state index in [1.54, 1.807) is 0 Å². The lowest BCUT2D eigenvalue weighted by molar-refractivity contribution is 0.502. The Morgan fingerprint density at radius 3 is 2.41 bits per heavy atom. The summed E-state index contributed by atoms with van der Waals surface area (Å²) in [6.45, 7) is 4.89. The van der Waals surface area contributed by atoms with Gasteiger partial charge in [-0.25, -0.2) is 0 Å².